The van der Waals surface area contributed by atoms with Gasteiger partial charge in [0.1, 0.15) is 5.82 Å². The summed E-state index contributed by atoms with van der Waals surface area (Å²) in [6.07, 6.45) is -4.28. The predicted octanol–water partition coefficient (Wildman–Crippen LogP) is 3.65. The fourth-order valence-electron chi connectivity index (χ4n) is 1.97. The van der Waals surface area contributed by atoms with Gasteiger partial charge >= 0.3 is 6.18 Å². The van der Waals surface area contributed by atoms with E-state index in [0.29, 0.717) is 0 Å². The van der Waals surface area contributed by atoms with Gasteiger partial charge in [0, 0.05) is 11.3 Å². The van der Waals surface area contributed by atoms with Crippen LogP contribution in [0, 0.1) is 5.82 Å². The molecule has 0 fully saturated rings. The number of hydrogen-bond donors (Lipinski definition) is 2. The number of nitrogens with two attached hydrogens (primary N) is 1. The van der Waals surface area contributed by atoms with E-state index in [1.165, 1.54) is 11.3 Å². The molecular weight excluding hydrogens is 292 g/mol. The average molecular weight is 304 g/mol. The van der Waals surface area contributed by atoms with Gasteiger partial charge in [0.2, 0.25) is 0 Å². The lowest BCUT2D eigenvalue weighted by Crippen LogP contribution is -2.31. The second-order valence-electron chi connectivity index (χ2n) is 4.23. The van der Waals surface area contributed by atoms with Crippen LogP contribution in [0.3, 0.4) is 0 Å². The Labute approximate surface area is 117 Å². The third kappa shape index (κ3) is 3.36. The van der Waals surface area contributed by atoms with Crippen molar-refractivity contribution in [3.8, 4) is 0 Å². The Morgan fingerprint density at radius 2 is 2.00 bits per heavy atom. The molecular formula is C13H12F4N2S. The molecule has 1 aromatic carbocycles. The van der Waals surface area contributed by atoms with E-state index in [9.17, 15) is 17.6 Å². The topological polar surface area (TPSA) is 38.0 Å². The average Bonchev–Trinajstić information content (AvgIpc) is 2.87. The van der Waals surface area contributed by atoms with Gasteiger partial charge in [0.15, 0.2) is 0 Å². The highest BCUT2D eigenvalue weighted by Gasteiger charge is 2.35. The van der Waals surface area contributed by atoms with Crippen molar-refractivity contribution in [1.82, 2.24) is 5.43 Å². The van der Waals surface area contributed by atoms with Gasteiger partial charge in [-0.2, -0.15) is 13.2 Å². The summed E-state index contributed by atoms with van der Waals surface area (Å²) in [5, 5.41) is 1.82. The lowest BCUT2D eigenvalue weighted by atomic mass is 9.97. The van der Waals surface area contributed by atoms with Crippen LogP contribution in [0.2, 0.25) is 0 Å². The van der Waals surface area contributed by atoms with E-state index in [-0.39, 0.29) is 12.0 Å². The quantitative estimate of drug-likeness (QED) is 0.514. The van der Waals surface area contributed by atoms with E-state index in [2.05, 4.69) is 5.43 Å². The molecule has 2 nitrogen and oxygen atoms in total. The largest absolute Gasteiger partial charge is 0.416 e. The van der Waals surface area contributed by atoms with Crippen LogP contribution < -0.4 is 11.3 Å². The van der Waals surface area contributed by atoms with Crippen molar-refractivity contribution in [3.63, 3.8) is 0 Å². The highest BCUT2D eigenvalue weighted by atomic mass is 32.1. The van der Waals surface area contributed by atoms with E-state index in [1.54, 1.807) is 12.1 Å². The number of hydrogen-bond acceptors (Lipinski definition) is 3. The highest BCUT2D eigenvalue weighted by Crippen LogP contribution is 2.36. The molecule has 2 aromatic rings. The Morgan fingerprint density at radius 3 is 2.55 bits per heavy atom. The Kier molecular flexibility index (Phi) is 4.42. The summed E-state index contributed by atoms with van der Waals surface area (Å²) in [7, 11) is 0. The van der Waals surface area contributed by atoms with Gasteiger partial charge in [-0.05, 0) is 35.2 Å². The molecule has 0 saturated carbocycles. The van der Waals surface area contributed by atoms with Crippen LogP contribution in [0.4, 0.5) is 17.6 Å². The molecule has 0 aliphatic heterocycles. The maximum atomic E-state index is 13.3. The lowest BCUT2D eigenvalue weighted by Gasteiger charge is -2.20. The van der Waals surface area contributed by atoms with Gasteiger partial charge < -0.3 is 0 Å². The molecule has 0 amide bonds. The van der Waals surface area contributed by atoms with Crippen LogP contribution in [0.25, 0.3) is 0 Å². The predicted molar refractivity (Wildman–Crippen MR) is 69.5 cm³/mol. The van der Waals surface area contributed by atoms with Crippen molar-refractivity contribution in [2.24, 2.45) is 5.84 Å². The second kappa shape index (κ2) is 5.90. The Balaban J connectivity index is 2.40. The van der Waals surface area contributed by atoms with Gasteiger partial charge in [-0.25, -0.2) is 4.39 Å². The van der Waals surface area contributed by atoms with Crippen LogP contribution in [0.1, 0.15) is 22.0 Å². The molecule has 0 spiro atoms. The fourth-order valence-corrected chi connectivity index (χ4v) is 2.72. The van der Waals surface area contributed by atoms with Crippen molar-refractivity contribution in [3.05, 3.63) is 57.5 Å². The number of nitrogens with one attached hydrogen (secondary N) is 1. The maximum Gasteiger partial charge on any atom is 0.416 e. The van der Waals surface area contributed by atoms with Crippen LogP contribution in [0.15, 0.2) is 35.7 Å². The number of rotatable bonds is 4. The number of benzene rings is 1. The minimum Gasteiger partial charge on any atom is -0.271 e. The molecule has 7 heteroatoms. The molecule has 1 heterocycles. The third-order valence-corrected chi connectivity index (χ3v) is 3.78. The SMILES string of the molecule is NNC(Cc1cccs1)c1cc(F)ccc1C(F)(F)F. The fraction of sp³-hybridized carbons (Fsp3) is 0.231. The van der Waals surface area contributed by atoms with Crippen molar-refractivity contribution >= 4 is 11.3 Å². The van der Waals surface area contributed by atoms with E-state index < -0.39 is 23.6 Å². The van der Waals surface area contributed by atoms with Crippen LogP contribution in [0.5, 0.6) is 0 Å². The number of halogens is 4. The van der Waals surface area contributed by atoms with Gasteiger partial charge in [-0.1, -0.05) is 6.07 Å². The molecule has 0 aliphatic carbocycles. The molecule has 3 N–H and O–H groups in total. The highest BCUT2D eigenvalue weighted by molar-refractivity contribution is 7.09. The first-order valence-electron chi connectivity index (χ1n) is 5.77. The first kappa shape index (κ1) is 15.0. The Hall–Kier alpha value is -1.44. The van der Waals surface area contributed by atoms with Gasteiger partial charge in [0.05, 0.1) is 11.6 Å². The van der Waals surface area contributed by atoms with Crippen LogP contribution >= 0.6 is 11.3 Å². The molecule has 20 heavy (non-hydrogen) atoms. The van der Waals surface area contributed by atoms with Crippen molar-refractivity contribution < 1.29 is 17.6 Å². The minimum absolute atomic E-state index is 0.187. The Bertz CT molecular complexity index is 566. The normalized spacial score (nSPS) is 13.4. The summed E-state index contributed by atoms with van der Waals surface area (Å²) in [5.41, 5.74) is 1.27. The van der Waals surface area contributed by atoms with Crippen molar-refractivity contribution in [2.75, 3.05) is 0 Å². The molecule has 1 unspecified atom stereocenters. The van der Waals surface area contributed by atoms with E-state index in [1.807, 2.05) is 5.38 Å². The number of alkyl halides is 3. The molecule has 0 radical (unpaired) electrons. The van der Waals surface area contributed by atoms with Gasteiger partial charge in [0.25, 0.3) is 0 Å². The molecule has 0 saturated heterocycles. The zero-order chi connectivity index (χ0) is 14.8. The van der Waals surface area contributed by atoms with Crippen molar-refractivity contribution in [1.29, 1.82) is 0 Å². The summed E-state index contributed by atoms with van der Waals surface area (Å²) >= 11 is 1.41. The first-order valence-corrected chi connectivity index (χ1v) is 6.65. The van der Waals surface area contributed by atoms with Gasteiger partial charge in [-0.15, -0.1) is 11.3 Å². The van der Waals surface area contributed by atoms with E-state index >= 15 is 0 Å². The van der Waals surface area contributed by atoms with Crippen LogP contribution in [-0.4, -0.2) is 0 Å². The molecule has 0 bridgehead atoms. The zero-order valence-corrected chi connectivity index (χ0v) is 11.1. The smallest absolute Gasteiger partial charge is 0.271 e. The number of hydrazine groups is 1. The summed E-state index contributed by atoms with van der Waals surface area (Å²) in [5.74, 6) is 4.63. The summed E-state index contributed by atoms with van der Waals surface area (Å²) in [6, 6.07) is 5.20. The monoisotopic (exact) mass is 304 g/mol. The molecule has 2 rings (SSSR count). The van der Waals surface area contributed by atoms with Gasteiger partial charge in [-0.3, -0.25) is 11.3 Å². The van der Waals surface area contributed by atoms with Crippen LogP contribution in [-0.2, 0) is 12.6 Å². The molecule has 1 atom stereocenters. The van der Waals surface area contributed by atoms with E-state index in [0.717, 1.165) is 23.1 Å². The summed E-state index contributed by atoms with van der Waals surface area (Å²) in [4.78, 5) is 0.866. The summed E-state index contributed by atoms with van der Waals surface area (Å²) in [6.45, 7) is 0. The molecule has 1 aromatic heterocycles. The first-order chi connectivity index (χ1) is 9.41. The maximum absolute atomic E-state index is 13.3. The molecule has 108 valence electrons. The van der Waals surface area contributed by atoms with E-state index in [4.69, 9.17) is 5.84 Å². The lowest BCUT2D eigenvalue weighted by molar-refractivity contribution is -0.138. The minimum atomic E-state index is -4.55. The second-order valence-corrected chi connectivity index (χ2v) is 5.26. The zero-order valence-electron chi connectivity index (χ0n) is 10.2. The number of thiophene rings is 1. The molecule has 0 aliphatic rings. The standard InChI is InChI=1S/C13H12F4N2S/c14-8-3-4-11(13(15,16)17)10(6-8)12(19-18)7-9-2-1-5-20-9/h1-6,12,19H,7,18H2. The summed E-state index contributed by atoms with van der Waals surface area (Å²) < 4.78 is 52.2. The van der Waals surface area contributed by atoms with Crippen molar-refractivity contribution in [2.45, 2.75) is 18.6 Å². The Morgan fingerprint density at radius 1 is 1.25 bits per heavy atom. The third-order valence-electron chi connectivity index (χ3n) is 2.88.